The van der Waals surface area contributed by atoms with Gasteiger partial charge in [0.15, 0.2) is 6.23 Å². The van der Waals surface area contributed by atoms with E-state index in [1.807, 2.05) is 0 Å². The Hall–Kier alpha value is -1.55. The highest BCUT2D eigenvalue weighted by molar-refractivity contribution is 5.88. The van der Waals surface area contributed by atoms with Gasteiger partial charge in [0.2, 0.25) is 5.82 Å². The van der Waals surface area contributed by atoms with Crippen LogP contribution in [-0.4, -0.2) is 62.4 Å². The van der Waals surface area contributed by atoms with Crippen molar-refractivity contribution in [1.82, 2.24) is 14.8 Å². The number of primary amides is 1. The topological polar surface area (TPSA) is 133 Å². The zero-order valence-corrected chi connectivity index (χ0v) is 12.5. The van der Waals surface area contributed by atoms with Crippen molar-refractivity contribution in [3.8, 4) is 0 Å². The molecule has 0 saturated carbocycles. The number of carbonyl (C=O) groups is 1. The molecule has 22 heavy (non-hydrogen) atoms. The molecule has 9 nitrogen and oxygen atoms in total. The Kier molecular flexibility index (Phi) is 5.83. The number of aliphatic hydroxyl groups excluding tert-OH is 2. The van der Waals surface area contributed by atoms with Crippen LogP contribution in [0.2, 0.25) is 0 Å². The predicted octanol–water partition coefficient (Wildman–Crippen LogP) is -0.797. The number of amides is 1. The van der Waals surface area contributed by atoms with Crippen molar-refractivity contribution in [3.05, 3.63) is 12.2 Å². The number of hydrogen-bond acceptors (Lipinski definition) is 7. The van der Waals surface area contributed by atoms with Gasteiger partial charge in [0, 0.05) is 6.61 Å². The second-order valence-electron chi connectivity index (χ2n) is 5.24. The molecule has 0 aliphatic carbocycles. The molecule has 1 saturated heterocycles. The summed E-state index contributed by atoms with van der Waals surface area (Å²) >= 11 is 0. The van der Waals surface area contributed by atoms with Crippen LogP contribution in [0, 0.1) is 0 Å². The molecule has 4 atom stereocenters. The minimum Gasteiger partial charge on any atom is -0.387 e. The zero-order chi connectivity index (χ0) is 16.1. The summed E-state index contributed by atoms with van der Waals surface area (Å²) in [5.74, 6) is -0.952. The summed E-state index contributed by atoms with van der Waals surface area (Å²) in [5.41, 5.74) is 5.07. The lowest BCUT2D eigenvalue weighted by Gasteiger charge is -2.14. The third kappa shape index (κ3) is 3.80. The molecule has 1 fully saturated rings. The van der Waals surface area contributed by atoms with Gasteiger partial charge >= 0.3 is 0 Å². The lowest BCUT2D eigenvalue weighted by atomic mass is 10.1. The summed E-state index contributed by atoms with van der Waals surface area (Å²) in [7, 11) is 0. The van der Waals surface area contributed by atoms with Crippen molar-refractivity contribution >= 4 is 5.91 Å². The van der Waals surface area contributed by atoms with E-state index in [4.69, 9.17) is 15.2 Å². The number of aromatic nitrogens is 3. The Balaban J connectivity index is 1.90. The lowest BCUT2D eigenvalue weighted by molar-refractivity contribution is -0.0716. The summed E-state index contributed by atoms with van der Waals surface area (Å²) in [5, 5.41) is 23.9. The highest BCUT2D eigenvalue weighted by atomic mass is 16.6. The maximum atomic E-state index is 11.0. The van der Waals surface area contributed by atoms with Gasteiger partial charge in [-0.15, -0.1) is 5.10 Å². The first-order valence-electron chi connectivity index (χ1n) is 7.35. The summed E-state index contributed by atoms with van der Waals surface area (Å²) in [6.07, 6.45) is 0.462. The Morgan fingerprint density at radius 2 is 2.23 bits per heavy atom. The van der Waals surface area contributed by atoms with Gasteiger partial charge in [0.1, 0.15) is 24.6 Å². The molecule has 0 aromatic carbocycles. The van der Waals surface area contributed by atoms with E-state index in [9.17, 15) is 15.0 Å². The fraction of sp³-hybridized carbons (Fsp3) is 0.769. The summed E-state index contributed by atoms with van der Waals surface area (Å²) in [4.78, 5) is 14.7. The van der Waals surface area contributed by atoms with Crippen molar-refractivity contribution < 1.29 is 24.5 Å². The highest BCUT2D eigenvalue weighted by Gasteiger charge is 2.44. The second-order valence-corrected chi connectivity index (χ2v) is 5.24. The molecule has 1 aliphatic heterocycles. The van der Waals surface area contributed by atoms with Gasteiger partial charge < -0.3 is 25.4 Å². The Morgan fingerprint density at radius 1 is 1.45 bits per heavy atom. The van der Waals surface area contributed by atoms with E-state index < -0.39 is 30.4 Å². The number of hydrogen-bond donors (Lipinski definition) is 3. The Labute approximate surface area is 128 Å². The summed E-state index contributed by atoms with van der Waals surface area (Å²) in [6, 6.07) is 0. The van der Waals surface area contributed by atoms with E-state index in [-0.39, 0.29) is 12.4 Å². The SMILES string of the molecule is CCCCCOC[C@H]1O[C@@H](n2cnc(C(N)=O)n2)[C@H](O)[C@@H]1O. The fourth-order valence-corrected chi connectivity index (χ4v) is 2.25. The summed E-state index contributed by atoms with van der Waals surface area (Å²) < 4.78 is 12.2. The number of ether oxygens (including phenoxy) is 2. The number of carbonyl (C=O) groups excluding carboxylic acids is 1. The number of unbranched alkanes of at least 4 members (excludes halogenated alkanes) is 2. The van der Waals surface area contributed by atoms with E-state index in [0.29, 0.717) is 6.61 Å². The largest absolute Gasteiger partial charge is 0.387 e. The zero-order valence-electron chi connectivity index (χ0n) is 12.5. The van der Waals surface area contributed by atoms with Crippen LogP contribution in [0.25, 0.3) is 0 Å². The molecule has 1 amide bonds. The minimum atomic E-state index is -1.19. The van der Waals surface area contributed by atoms with E-state index in [2.05, 4.69) is 17.0 Å². The monoisotopic (exact) mass is 314 g/mol. The number of nitrogens with two attached hydrogens (primary N) is 1. The Morgan fingerprint density at radius 3 is 2.86 bits per heavy atom. The number of aliphatic hydroxyl groups is 2. The van der Waals surface area contributed by atoms with Crippen LogP contribution in [0.15, 0.2) is 6.33 Å². The van der Waals surface area contributed by atoms with Crippen LogP contribution in [0.1, 0.15) is 43.0 Å². The Bertz CT molecular complexity index is 495. The third-order valence-corrected chi connectivity index (χ3v) is 3.50. The van der Waals surface area contributed by atoms with Crippen molar-refractivity contribution in [1.29, 1.82) is 0 Å². The van der Waals surface area contributed by atoms with Gasteiger partial charge in [0.05, 0.1) is 6.61 Å². The van der Waals surface area contributed by atoms with E-state index in [0.717, 1.165) is 19.3 Å². The molecule has 9 heteroatoms. The smallest absolute Gasteiger partial charge is 0.288 e. The molecule has 2 heterocycles. The van der Waals surface area contributed by atoms with Crippen molar-refractivity contribution in [2.45, 2.75) is 50.7 Å². The minimum absolute atomic E-state index is 0.176. The molecule has 1 aromatic heterocycles. The van der Waals surface area contributed by atoms with Gasteiger partial charge in [-0.1, -0.05) is 19.8 Å². The average Bonchev–Trinajstić information content (AvgIpc) is 3.07. The molecule has 124 valence electrons. The fourth-order valence-electron chi connectivity index (χ4n) is 2.25. The predicted molar refractivity (Wildman–Crippen MR) is 74.8 cm³/mol. The molecule has 0 spiro atoms. The van der Waals surface area contributed by atoms with E-state index in [1.54, 1.807) is 0 Å². The van der Waals surface area contributed by atoms with Gasteiger partial charge in [0.25, 0.3) is 5.91 Å². The number of rotatable bonds is 8. The van der Waals surface area contributed by atoms with Crippen LogP contribution in [0.3, 0.4) is 0 Å². The van der Waals surface area contributed by atoms with Gasteiger partial charge in [-0.2, -0.15) is 0 Å². The second kappa shape index (κ2) is 7.63. The van der Waals surface area contributed by atoms with E-state index in [1.165, 1.54) is 11.0 Å². The van der Waals surface area contributed by atoms with Crippen LogP contribution in [0.4, 0.5) is 0 Å². The third-order valence-electron chi connectivity index (χ3n) is 3.50. The molecular weight excluding hydrogens is 292 g/mol. The van der Waals surface area contributed by atoms with Crippen LogP contribution in [0.5, 0.6) is 0 Å². The maximum Gasteiger partial charge on any atom is 0.288 e. The van der Waals surface area contributed by atoms with Gasteiger partial charge in [-0.25, -0.2) is 9.67 Å². The quantitative estimate of drug-likeness (QED) is 0.535. The van der Waals surface area contributed by atoms with E-state index >= 15 is 0 Å². The molecular formula is C13H22N4O5. The van der Waals surface area contributed by atoms with Crippen molar-refractivity contribution in [3.63, 3.8) is 0 Å². The lowest BCUT2D eigenvalue weighted by Crippen LogP contribution is -2.34. The standard InChI is InChI=1S/C13H22N4O5/c1-2-3-4-5-21-6-8-9(18)10(19)13(22-8)17-7-15-12(16-17)11(14)20/h7-10,13,18-19H,2-6H2,1H3,(H2,14,20)/t8-,9-,10-,13-/m1/s1. The average molecular weight is 314 g/mol. The molecule has 1 aliphatic rings. The molecule has 2 rings (SSSR count). The first kappa shape index (κ1) is 16.8. The molecule has 0 unspecified atom stereocenters. The normalized spacial score (nSPS) is 28.1. The van der Waals surface area contributed by atoms with Crippen LogP contribution in [-0.2, 0) is 9.47 Å². The first-order valence-corrected chi connectivity index (χ1v) is 7.35. The summed E-state index contributed by atoms with van der Waals surface area (Å²) in [6.45, 7) is 2.86. The molecule has 0 bridgehead atoms. The maximum absolute atomic E-state index is 11.0. The highest BCUT2D eigenvalue weighted by Crippen LogP contribution is 2.28. The number of nitrogens with zero attached hydrogens (tertiary/aromatic N) is 3. The van der Waals surface area contributed by atoms with Crippen LogP contribution < -0.4 is 5.73 Å². The molecule has 1 aromatic rings. The molecule has 0 radical (unpaired) electrons. The van der Waals surface area contributed by atoms with Crippen molar-refractivity contribution in [2.24, 2.45) is 5.73 Å². The van der Waals surface area contributed by atoms with Crippen LogP contribution >= 0.6 is 0 Å². The van der Waals surface area contributed by atoms with Gasteiger partial charge in [-0.3, -0.25) is 4.79 Å². The van der Waals surface area contributed by atoms with Gasteiger partial charge in [-0.05, 0) is 6.42 Å². The molecule has 4 N–H and O–H groups in total. The van der Waals surface area contributed by atoms with Crippen molar-refractivity contribution in [2.75, 3.05) is 13.2 Å². The first-order chi connectivity index (χ1) is 10.5.